The molecule has 0 saturated heterocycles. The molecule has 0 saturated carbocycles. The molecule has 0 aliphatic carbocycles. The Morgan fingerprint density at radius 2 is 1.81 bits per heavy atom. The van der Waals surface area contributed by atoms with Crippen LogP contribution >= 0.6 is 11.3 Å². The Morgan fingerprint density at radius 1 is 1.03 bits per heavy atom. The largest absolute Gasteiger partial charge is 0.298 e. The van der Waals surface area contributed by atoms with Crippen molar-refractivity contribution in [3.63, 3.8) is 0 Å². The van der Waals surface area contributed by atoms with E-state index in [9.17, 15) is 4.79 Å². The number of aromatic nitrogens is 4. The molecule has 0 radical (unpaired) electrons. The van der Waals surface area contributed by atoms with Crippen LogP contribution in [-0.4, -0.2) is 25.7 Å². The van der Waals surface area contributed by atoms with Gasteiger partial charge in [-0.25, -0.2) is 14.6 Å². The summed E-state index contributed by atoms with van der Waals surface area (Å²) < 4.78 is 1.80. The number of hydrogen-bond donors (Lipinski definition) is 1. The van der Waals surface area contributed by atoms with Crippen LogP contribution in [0.2, 0.25) is 0 Å². The molecule has 3 aromatic heterocycles. The maximum absolute atomic E-state index is 13.2. The lowest BCUT2D eigenvalue weighted by Gasteiger charge is -2.09. The van der Waals surface area contributed by atoms with E-state index in [1.54, 1.807) is 10.9 Å². The topological polar surface area (TPSA) is 72.7 Å². The van der Waals surface area contributed by atoms with E-state index in [1.165, 1.54) is 16.9 Å². The molecule has 0 fully saturated rings. The predicted molar refractivity (Wildman–Crippen MR) is 124 cm³/mol. The van der Waals surface area contributed by atoms with Crippen molar-refractivity contribution >= 4 is 33.4 Å². The van der Waals surface area contributed by atoms with E-state index in [0.29, 0.717) is 22.0 Å². The molecule has 31 heavy (non-hydrogen) atoms. The fraction of sp³-hybridized carbons (Fsp3) is 0.0833. The van der Waals surface area contributed by atoms with Crippen LogP contribution in [0.25, 0.3) is 28.0 Å². The average molecular weight is 426 g/mol. The molecule has 0 spiro atoms. The van der Waals surface area contributed by atoms with Gasteiger partial charge in [0.25, 0.3) is 5.91 Å². The van der Waals surface area contributed by atoms with E-state index in [0.717, 1.165) is 22.3 Å². The molecule has 1 amide bonds. The van der Waals surface area contributed by atoms with Gasteiger partial charge in [-0.15, -0.1) is 11.3 Å². The molecule has 0 atom stereocenters. The van der Waals surface area contributed by atoms with E-state index in [1.807, 2.05) is 79.9 Å². The number of hydrogen-bond acceptors (Lipinski definition) is 5. The highest BCUT2D eigenvalue weighted by molar-refractivity contribution is 7.13. The van der Waals surface area contributed by atoms with E-state index >= 15 is 0 Å². The maximum Gasteiger partial charge on any atom is 0.258 e. The van der Waals surface area contributed by atoms with Gasteiger partial charge in [0.15, 0.2) is 10.8 Å². The van der Waals surface area contributed by atoms with Gasteiger partial charge in [-0.05, 0) is 32.0 Å². The number of fused-ring (bicyclic) bond motifs is 1. The predicted octanol–water partition coefficient (Wildman–Crippen LogP) is 5.41. The van der Waals surface area contributed by atoms with Gasteiger partial charge in [0.05, 0.1) is 28.0 Å². The second-order valence-corrected chi connectivity index (χ2v) is 8.14. The first-order chi connectivity index (χ1) is 15.1. The molecule has 0 unspecified atom stereocenters. The second-order valence-electron chi connectivity index (χ2n) is 7.24. The van der Waals surface area contributed by atoms with Gasteiger partial charge in [-0.2, -0.15) is 5.10 Å². The highest BCUT2D eigenvalue weighted by Gasteiger charge is 2.21. The lowest BCUT2D eigenvalue weighted by molar-refractivity contribution is 0.102. The average Bonchev–Trinajstić information content (AvgIpc) is 3.42. The van der Waals surface area contributed by atoms with Crippen LogP contribution in [0.5, 0.6) is 0 Å². The van der Waals surface area contributed by atoms with Gasteiger partial charge in [0.2, 0.25) is 0 Å². The first-order valence-electron chi connectivity index (χ1n) is 9.84. The SMILES string of the molecule is Cc1ccc(-n2nc(C)c3c(C(=O)Nc4nccs4)cc(-c4ccccc4)nc32)cc1. The van der Waals surface area contributed by atoms with Gasteiger partial charge in [0, 0.05) is 17.1 Å². The molecule has 3 heterocycles. The number of carbonyl (C=O) groups is 1. The monoisotopic (exact) mass is 425 g/mol. The minimum Gasteiger partial charge on any atom is -0.298 e. The lowest BCUT2D eigenvalue weighted by atomic mass is 10.0. The Hall–Kier alpha value is -3.84. The second kappa shape index (κ2) is 7.77. The van der Waals surface area contributed by atoms with Crippen LogP contribution in [-0.2, 0) is 0 Å². The van der Waals surface area contributed by atoms with Crippen molar-refractivity contribution in [3.8, 4) is 16.9 Å². The number of nitrogens with zero attached hydrogens (tertiary/aromatic N) is 4. The van der Waals surface area contributed by atoms with Crippen LogP contribution in [0.4, 0.5) is 5.13 Å². The summed E-state index contributed by atoms with van der Waals surface area (Å²) in [6, 6.07) is 19.8. The Balaban J connectivity index is 1.74. The molecule has 1 N–H and O–H groups in total. The molecule has 2 aromatic carbocycles. The number of aryl methyl sites for hydroxylation is 2. The Morgan fingerprint density at radius 3 is 2.52 bits per heavy atom. The first-order valence-corrected chi connectivity index (χ1v) is 10.7. The summed E-state index contributed by atoms with van der Waals surface area (Å²) in [5, 5.41) is 10.7. The van der Waals surface area contributed by atoms with Gasteiger partial charge in [-0.3, -0.25) is 10.1 Å². The number of rotatable bonds is 4. The molecular formula is C24H19N5OS. The molecule has 0 aliphatic heterocycles. The quantitative estimate of drug-likeness (QED) is 0.418. The maximum atomic E-state index is 13.2. The summed E-state index contributed by atoms with van der Waals surface area (Å²) in [5.74, 6) is -0.230. The van der Waals surface area contributed by atoms with Gasteiger partial charge in [0.1, 0.15) is 0 Å². The van der Waals surface area contributed by atoms with Gasteiger partial charge in [-0.1, -0.05) is 48.0 Å². The molecule has 5 aromatic rings. The number of benzene rings is 2. The van der Waals surface area contributed by atoms with Crippen molar-refractivity contribution in [2.45, 2.75) is 13.8 Å². The van der Waals surface area contributed by atoms with E-state index in [-0.39, 0.29) is 5.91 Å². The highest BCUT2D eigenvalue weighted by atomic mass is 32.1. The smallest absolute Gasteiger partial charge is 0.258 e. The lowest BCUT2D eigenvalue weighted by Crippen LogP contribution is -2.13. The molecular weight excluding hydrogens is 406 g/mol. The number of nitrogens with one attached hydrogen (secondary N) is 1. The number of anilines is 1. The molecule has 0 bridgehead atoms. The van der Waals surface area contributed by atoms with E-state index in [2.05, 4.69) is 10.3 Å². The van der Waals surface area contributed by atoms with Gasteiger partial charge < -0.3 is 0 Å². The third-order valence-corrected chi connectivity index (χ3v) is 5.75. The van der Waals surface area contributed by atoms with Crippen LogP contribution in [0, 0.1) is 13.8 Å². The standard InChI is InChI=1S/C24H19N5OS/c1-15-8-10-18(11-9-15)29-22-21(16(2)28-29)19(23(30)27-24-25-12-13-31-24)14-20(26-22)17-6-4-3-5-7-17/h3-14H,1-2H3,(H,25,27,30). The zero-order chi connectivity index (χ0) is 21.4. The summed E-state index contributed by atoms with van der Waals surface area (Å²) >= 11 is 1.38. The minimum atomic E-state index is -0.230. The number of amides is 1. The fourth-order valence-corrected chi connectivity index (χ4v) is 4.06. The Labute approximate surface area is 183 Å². The van der Waals surface area contributed by atoms with Crippen molar-refractivity contribution < 1.29 is 4.79 Å². The Kier molecular flexibility index (Phi) is 4.80. The zero-order valence-corrected chi connectivity index (χ0v) is 17.9. The number of thiazole rings is 1. The third-order valence-electron chi connectivity index (χ3n) is 5.06. The van der Waals surface area contributed by atoms with Crippen molar-refractivity contribution in [1.82, 2.24) is 19.7 Å². The van der Waals surface area contributed by atoms with Crippen molar-refractivity contribution in [2.24, 2.45) is 0 Å². The van der Waals surface area contributed by atoms with E-state index in [4.69, 9.17) is 10.1 Å². The highest BCUT2D eigenvalue weighted by Crippen LogP contribution is 2.29. The number of pyridine rings is 1. The molecule has 6 nitrogen and oxygen atoms in total. The summed E-state index contributed by atoms with van der Waals surface area (Å²) in [5.41, 5.74) is 5.62. The van der Waals surface area contributed by atoms with Crippen LogP contribution in [0.1, 0.15) is 21.6 Å². The normalized spacial score (nSPS) is 11.0. The molecule has 5 rings (SSSR count). The summed E-state index contributed by atoms with van der Waals surface area (Å²) in [6.07, 6.45) is 1.67. The van der Waals surface area contributed by atoms with Crippen LogP contribution in [0.15, 0.2) is 72.2 Å². The molecule has 7 heteroatoms. The Bertz CT molecular complexity index is 1370. The third kappa shape index (κ3) is 3.60. The van der Waals surface area contributed by atoms with Gasteiger partial charge >= 0.3 is 0 Å². The number of carbonyl (C=O) groups excluding carboxylic acids is 1. The van der Waals surface area contributed by atoms with Crippen LogP contribution < -0.4 is 5.32 Å². The summed E-state index contributed by atoms with van der Waals surface area (Å²) in [6.45, 7) is 3.94. The van der Waals surface area contributed by atoms with Crippen molar-refractivity contribution in [1.29, 1.82) is 0 Å². The van der Waals surface area contributed by atoms with Crippen molar-refractivity contribution in [2.75, 3.05) is 5.32 Å². The van der Waals surface area contributed by atoms with Crippen LogP contribution in [0.3, 0.4) is 0 Å². The summed E-state index contributed by atoms with van der Waals surface area (Å²) in [7, 11) is 0. The fourth-order valence-electron chi connectivity index (χ4n) is 3.54. The molecule has 152 valence electrons. The zero-order valence-electron chi connectivity index (χ0n) is 17.0. The van der Waals surface area contributed by atoms with E-state index < -0.39 is 0 Å². The first kappa shape index (κ1) is 19.1. The molecule has 0 aliphatic rings. The van der Waals surface area contributed by atoms with Crippen molar-refractivity contribution in [3.05, 3.63) is 89.1 Å². The summed E-state index contributed by atoms with van der Waals surface area (Å²) in [4.78, 5) is 22.3. The minimum absolute atomic E-state index is 0.230.